The van der Waals surface area contributed by atoms with Crippen LogP contribution in [0.2, 0.25) is 0 Å². The molecule has 0 radical (unpaired) electrons. The van der Waals surface area contributed by atoms with Crippen LogP contribution in [0.4, 0.5) is 5.82 Å². The maximum Gasteiger partial charge on any atom is 0.133 e. The van der Waals surface area contributed by atoms with Crippen LogP contribution in [0.5, 0.6) is 0 Å². The normalized spacial score (nSPS) is 12.5. The molecule has 4 heteroatoms. The van der Waals surface area contributed by atoms with Crippen LogP contribution in [0.3, 0.4) is 0 Å². The van der Waals surface area contributed by atoms with Gasteiger partial charge in [-0.15, -0.1) is 0 Å². The van der Waals surface area contributed by atoms with Crippen LogP contribution in [0.15, 0.2) is 18.3 Å². The van der Waals surface area contributed by atoms with Gasteiger partial charge in [0.05, 0.1) is 6.61 Å². The van der Waals surface area contributed by atoms with E-state index in [9.17, 15) is 0 Å². The molecular weight excluding hydrogens is 214 g/mol. The number of anilines is 1. The monoisotopic (exact) mass is 237 g/mol. The van der Waals surface area contributed by atoms with Gasteiger partial charge in [0.15, 0.2) is 0 Å². The molecule has 1 heterocycles. The Kier molecular flexibility index (Phi) is 5.94. The Hall–Kier alpha value is -1.13. The van der Waals surface area contributed by atoms with Crippen LogP contribution in [0.1, 0.15) is 25.8 Å². The van der Waals surface area contributed by atoms with Crippen molar-refractivity contribution in [3.8, 4) is 0 Å². The molecule has 0 amide bonds. The molecule has 0 saturated carbocycles. The summed E-state index contributed by atoms with van der Waals surface area (Å²) in [6.07, 6.45) is 2.89. The van der Waals surface area contributed by atoms with E-state index in [2.05, 4.69) is 23.7 Å². The second-order valence-corrected chi connectivity index (χ2v) is 4.13. The summed E-state index contributed by atoms with van der Waals surface area (Å²) in [6, 6.07) is 4.40. The van der Waals surface area contributed by atoms with Crippen LogP contribution in [0, 0.1) is 0 Å². The molecule has 0 aliphatic carbocycles. The molecule has 1 aromatic heterocycles. The van der Waals surface area contributed by atoms with Crippen LogP contribution in [-0.2, 0) is 11.3 Å². The van der Waals surface area contributed by atoms with Gasteiger partial charge in [-0.05, 0) is 19.4 Å². The Morgan fingerprint density at radius 1 is 1.53 bits per heavy atom. The standard InChI is InChI=1S/C13H23N3O/c1-4-11(2)16(8-9-17-3)13-12(10-14)6-5-7-15-13/h5-7,11H,4,8-10,14H2,1-3H3. The molecule has 0 fully saturated rings. The third-order valence-electron chi connectivity index (χ3n) is 3.02. The van der Waals surface area contributed by atoms with Crippen LogP contribution in [-0.4, -0.2) is 31.3 Å². The van der Waals surface area contributed by atoms with E-state index < -0.39 is 0 Å². The maximum atomic E-state index is 5.76. The molecule has 0 aromatic carbocycles. The fourth-order valence-electron chi connectivity index (χ4n) is 1.79. The third-order valence-corrected chi connectivity index (χ3v) is 3.02. The summed E-state index contributed by atoms with van der Waals surface area (Å²) in [5.41, 5.74) is 6.85. The van der Waals surface area contributed by atoms with E-state index >= 15 is 0 Å². The number of hydrogen-bond donors (Lipinski definition) is 1. The minimum absolute atomic E-state index is 0.436. The number of nitrogens with two attached hydrogens (primary N) is 1. The first-order valence-electron chi connectivity index (χ1n) is 6.14. The largest absolute Gasteiger partial charge is 0.383 e. The Labute approximate surface area is 104 Å². The molecular formula is C13H23N3O. The van der Waals surface area contributed by atoms with E-state index in [1.807, 2.05) is 18.3 Å². The number of aromatic nitrogens is 1. The average Bonchev–Trinajstić information content (AvgIpc) is 2.39. The Morgan fingerprint density at radius 2 is 2.29 bits per heavy atom. The van der Waals surface area contributed by atoms with Crippen molar-refractivity contribution in [2.45, 2.75) is 32.9 Å². The van der Waals surface area contributed by atoms with Gasteiger partial charge in [-0.3, -0.25) is 0 Å². The quantitative estimate of drug-likeness (QED) is 0.785. The van der Waals surface area contributed by atoms with E-state index in [4.69, 9.17) is 10.5 Å². The van der Waals surface area contributed by atoms with Gasteiger partial charge in [-0.2, -0.15) is 0 Å². The minimum atomic E-state index is 0.436. The van der Waals surface area contributed by atoms with Crippen molar-refractivity contribution in [1.29, 1.82) is 0 Å². The fraction of sp³-hybridized carbons (Fsp3) is 0.615. The lowest BCUT2D eigenvalue weighted by molar-refractivity contribution is 0.203. The summed E-state index contributed by atoms with van der Waals surface area (Å²) in [4.78, 5) is 6.73. The molecule has 2 N–H and O–H groups in total. The third kappa shape index (κ3) is 3.68. The van der Waals surface area contributed by atoms with Crippen molar-refractivity contribution < 1.29 is 4.74 Å². The molecule has 1 rings (SSSR count). The lowest BCUT2D eigenvalue weighted by Gasteiger charge is -2.30. The second-order valence-electron chi connectivity index (χ2n) is 4.13. The van der Waals surface area contributed by atoms with E-state index in [-0.39, 0.29) is 0 Å². The van der Waals surface area contributed by atoms with Crippen molar-refractivity contribution in [1.82, 2.24) is 4.98 Å². The molecule has 96 valence electrons. The lowest BCUT2D eigenvalue weighted by atomic mass is 10.1. The molecule has 0 spiro atoms. The number of methoxy groups -OCH3 is 1. The molecule has 0 aliphatic heterocycles. The highest BCUT2D eigenvalue weighted by Crippen LogP contribution is 2.20. The Balaban J connectivity index is 2.94. The summed E-state index contributed by atoms with van der Waals surface area (Å²) in [5, 5.41) is 0. The van der Waals surface area contributed by atoms with E-state index in [0.717, 1.165) is 24.3 Å². The van der Waals surface area contributed by atoms with Crippen molar-refractivity contribution in [2.24, 2.45) is 5.73 Å². The van der Waals surface area contributed by atoms with Gasteiger partial charge in [-0.1, -0.05) is 13.0 Å². The zero-order valence-corrected chi connectivity index (χ0v) is 11.0. The Morgan fingerprint density at radius 3 is 2.88 bits per heavy atom. The Bertz CT molecular complexity index is 330. The van der Waals surface area contributed by atoms with Gasteiger partial charge >= 0.3 is 0 Å². The van der Waals surface area contributed by atoms with Crippen LogP contribution >= 0.6 is 0 Å². The van der Waals surface area contributed by atoms with Crippen molar-refractivity contribution in [3.63, 3.8) is 0 Å². The number of nitrogens with zero attached hydrogens (tertiary/aromatic N) is 2. The summed E-state index contributed by atoms with van der Waals surface area (Å²) >= 11 is 0. The zero-order valence-electron chi connectivity index (χ0n) is 11.0. The van der Waals surface area contributed by atoms with Crippen molar-refractivity contribution in [2.75, 3.05) is 25.2 Å². The molecule has 0 saturated heterocycles. The van der Waals surface area contributed by atoms with Gasteiger partial charge < -0.3 is 15.4 Å². The number of hydrogen-bond acceptors (Lipinski definition) is 4. The van der Waals surface area contributed by atoms with Crippen LogP contribution < -0.4 is 10.6 Å². The minimum Gasteiger partial charge on any atom is -0.383 e. The molecule has 1 atom stereocenters. The number of rotatable bonds is 7. The summed E-state index contributed by atoms with van der Waals surface area (Å²) in [7, 11) is 1.72. The average molecular weight is 237 g/mol. The zero-order chi connectivity index (χ0) is 12.7. The van der Waals surface area contributed by atoms with Gasteiger partial charge in [0.2, 0.25) is 0 Å². The number of ether oxygens (including phenoxy) is 1. The van der Waals surface area contributed by atoms with Crippen LogP contribution in [0.25, 0.3) is 0 Å². The molecule has 0 bridgehead atoms. The summed E-state index contributed by atoms with van der Waals surface area (Å²) < 4.78 is 5.16. The molecule has 1 unspecified atom stereocenters. The highest BCUT2D eigenvalue weighted by molar-refractivity contribution is 5.47. The van der Waals surface area contributed by atoms with Gasteiger partial charge in [0, 0.05) is 38.0 Å². The molecule has 1 aromatic rings. The predicted molar refractivity (Wildman–Crippen MR) is 71.1 cm³/mol. The van der Waals surface area contributed by atoms with E-state index in [1.54, 1.807) is 7.11 Å². The van der Waals surface area contributed by atoms with Gasteiger partial charge in [0.1, 0.15) is 5.82 Å². The SMILES string of the molecule is CCC(C)N(CCOC)c1ncccc1CN. The first-order chi connectivity index (χ1) is 8.24. The number of pyridine rings is 1. The topological polar surface area (TPSA) is 51.4 Å². The van der Waals surface area contributed by atoms with Crippen molar-refractivity contribution in [3.05, 3.63) is 23.9 Å². The fourth-order valence-corrected chi connectivity index (χ4v) is 1.79. The lowest BCUT2D eigenvalue weighted by Crippen LogP contribution is -2.37. The summed E-state index contributed by atoms with van der Waals surface area (Å²) in [6.45, 7) is 6.43. The molecule has 17 heavy (non-hydrogen) atoms. The highest BCUT2D eigenvalue weighted by Gasteiger charge is 2.16. The molecule has 4 nitrogen and oxygen atoms in total. The second kappa shape index (κ2) is 7.25. The first kappa shape index (κ1) is 13.9. The van der Waals surface area contributed by atoms with Gasteiger partial charge in [-0.25, -0.2) is 4.98 Å². The maximum absolute atomic E-state index is 5.76. The highest BCUT2D eigenvalue weighted by atomic mass is 16.5. The van der Waals surface area contributed by atoms with E-state index in [1.165, 1.54) is 0 Å². The smallest absolute Gasteiger partial charge is 0.133 e. The van der Waals surface area contributed by atoms with Gasteiger partial charge in [0.25, 0.3) is 0 Å². The predicted octanol–water partition coefficient (Wildman–Crippen LogP) is 1.79. The summed E-state index contributed by atoms with van der Waals surface area (Å²) in [5.74, 6) is 0.987. The van der Waals surface area contributed by atoms with Crippen molar-refractivity contribution >= 4 is 5.82 Å². The molecule has 0 aliphatic rings. The first-order valence-corrected chi connectivity index (χ1v) is 6.14. The van der Waals surface area contributed by atoms with E-state index in [0.29, 0.717) is 19.2 Å².